The summed E-state index contributed by atoms with van der Waals surface area (Å²) >= 11 is 0. The van der Waals surface area contributed by atoms with Gasteiger partial charge in [0.1, 0.15) is 11.3 Å². The van der Waals surface area contributed by atoms with Gasteiger partial charge >= 0.3 is 12.1 Å². The van der Waals surface area contributed by atoms with E-state index < -0.39 is 17.7 Å². The van der Waals surface area contributed by atoms with Gasteiger partial charge in [0.05, 0.1) is 19.8 Å². The molecule has 0 bridgehead atoms. The van der Waals surface area contributed by atoms with Crippen LogP contribution < -0.4 is 4.74 Å². The van der Waals surface area contributed by atoms with Crippen molar-refractivity contribution in [2.45, 2.75) is 6.18 Å². The van der Waals surface area contributed by atoms with Gasteiger partial charge in [-0.1, -0.05) is 24.3 Å². The highest BCUT2D eigenvalue weighted by Gasteiger charge is 2.33. The van der Waals surface area contributed by atoms with Crippen molar-refractivity contribution < 1.29 is 27.4 Å². The first kappa shape index (κ1) is 15.9. The summed E-state index contributed by atoms with van der Waals surface area (Å²) in [6.45, 7) is 0. The number of rotatable bonds is 3. The highest BCUT2D eigenvalue weighted by atomic mass is 19.4. The summed E-state index contributed by atoms with van der Waals surface area (Å²) in [6.07, 6.45) is -4.48. The second-order valence-electron chi connectivity index (χ2n) is 4.45. The van der Waals surface area contributed by atoms with Crippen molar-refractivity contribution in [3.63, 3.8) is 0 Å². The largest absolute Gasteiger partial charge is 0.496 e. The molecule has 3 nitrogen and oxygen atoms in total. The Morgan fingerprint density at radius 3 is 2.32 bits per heavy atom. The topological polar surface area (TPSA) is 35.5 Å². The SMILES string of the molecule is COC(=O)c1cc(-c2ccccc2C(F)(F)F)ccc1OC. The van der Waals surface area contributed by atoms with Gasteiger partial charge in [-0.3, -0.25) is 0 Å². The van der Waals surface area contributed by atoms with Crippen LogP contribution in [0.25, 0.3) is 11.1 Å². The third kappa shape index (κ3) is 3.05. The number of halogens is 3. The highest BCUT2D eigenvalue weighted by Crippen LogP contribution is 2.38. The Labute approximate surface area is 125 Å². The average Bonchev–Trinajstić information content (AvgIpc) is 2.52. The molecule has 0 saturated carbocycles. The summed E-state index contributed by atoms with van der Waals surface area (Å²) < 4.78 is 48.9. The molecule has 2 aromatic rings. The molecule has 2 aromatic carbocycles. The van der Waals surface area contributed by atoms with Gasteiger partial charge in [0.2, 0.25) is 0 Å². The van der Waals surface area contributed by atoms with E-state index in [0.29, 0.717) is 0 Å². The van der Waals surface area contributed by atoms with E-state index in [-0.39, 0.29) is 22.4 Å². The van der Waals surface area contributed by atoms with Gasteiger partial charge in [-0.15, -0.1) is 0 Å². The Balaban J connectivity index is 2.62. The first-order valence-corrected chi connectivity index (χ1v) is 6.31. The van der Waals surface area contributed by atoms with E-state index in [2.05, 4.69) is 4.74 Å². The molecule has 6 heteroatoms. The zero-order chi connectivity index (χ0) is 16.3. The summed E-state index contributed by atoms with van der Waals surface area (Å²) in [5.74, 6) is -0.441. The van der Waals surface area contributed by atoms with E-state index in [4.69, 9.17) is 4.74 Å². The lowest BCUT2D eigenvalue weighted by molar-refractivity contribution is -0.137. The summed E-state index contributed by atoms with van der Waals surface area (Å²) in [5, 5.41) is 0. The summed E-state index contributed by atoms with van der Waals surface area (Å²) in [6, 6.07) is 9.41. The minimum atomic E-state index is -4.48. The number of methoxy groups -OCH3 is 2. The molecule has 0 N–H and O–H groups in total. The molecule has 0 aliphatic rings. The Morgan fingerprint density at radius 2 is 1.73 bits per heavy atom. The molecular weight excluding hydrogens is 297 g/mol. The lowest BCUT2D eigenvalue weighted by Gasteiger charge is -2.14. The van der Waals surface area contributed by atoms with Crippen molar-refractivity contribution in [2.75, 3.05) is 14.2 Å². The molecule has 0 saturated heterocycles. The third-order valence-electron chi connectivity index (χ3n) is 3.15. The van der Waals surface area contributed by atoms with Crippen molar-refractivity contribution >= 4 is 5.97 Å². The van der Waals surface area contributed by atoms with Crippen LogP contribution in [0.5, 0.6) is 5.75 Å². The normalized spacial score (nSPS) is 11.1. The molecule has 0 unspecified atom stereocenters. The zero-order valence-electron chi connectivity index (χ0n) is 11.9. The van der Waals surface area contributed by atoms with Gasteiger partial charge in [-0.25, -0.2) is 4.79 Å². The van der Waals surface area contributed by atoms with Gasteiger partial charge in [-0.2, -0.15) is 13.2 Å². The monoisotopic (exact) mass is 310 g/mol. The zero-order valence-corrected chi connectivity index (χ0v) is 11.9. The Kier molecular flexibility index (Phi) is 4.40. The number of carbonyl (C=O) groups is 1. The lowest BCUT2D eigenvalue weighted by atomic mass is 9.97. The third-order valence-corrected chi connectivity index (χ3v) is 3.15. The maximum Gasteiger partial charge on any atom is 0.417 e. The van der Waals surface area contributed by atoms with Crippen LogP contribution in [0.4, 0.5) is 13.2 Å². The van der Waals surface area contributed by atoms with E-state index in [1.807, 2.05) is 0 Å². The molecule has 0 aromatic heterocycles. The fourth-order valence-corrected chi connectivity index (χ4v) is 2.13. The Morgan fingerprint density at radius 1 is 1.05 bits per heavy atom. The van der Waals surface area contributed by atoms with Gasteiger partial charge in [-0.05, 0) is 29.3 Å². The summed E-state index contributed by atoms with van der Waals surface area (Å²) in [4.78, 5) is 11.7. The number of ether oxygens (including phenoxy) is 2. The number of hydrogen-bond acceptors (Lipinski definition) is 3. The van der Waals surface area contributed by atoms with Crippen molar-refractivity contribution in [3.05, 3.63) is 53.6 Å². The number of esters is 1. The number of benzene rings is 2. The lowest BCUT2D eigenvalue weighted by Crippen LogP contribution is -2.08. The van der Waals surface area contributed by atoms with Crippen molar-refractivity contribution in [3.8, 4) is 16.9 Å². The molecule has 116 valence electrons. The maximum absolute atomic E-state index is 13.1. The first-order valence-electron chi connectivity index (χ1n) is 6.31. The molecule has 0 aliphatic heterocycles. The molecule has 0 fully saturated rings. The van der Waals surface area contributed by atoms with Gasteiger partial charge in [0.25, 0.3) is 0 Å². The van der Waals surface area contributed by atoms with Crippen LogP contribution in [0, 0.1) is 0 Å². The minimum Gasteiger partial charge on any atom is -0.496 e. The van der Waals surface area contributed by atoms with Crippen LogP contribution >= 0.6 is 0 Å². The van der Waals surface area contributed by atoms with Crippen molar-refractivity contribution in [1.82, 2.24) is 0 Å². The number of carbonyl (C=O) groups excluding carboxylic acids is 1. The second kappa shape index (κ2) is 6.09. The summed E-state index contributed by atoms with van der Waals surface area (Å²) in [5.41, 5.74) is -0.451. The second-order valence-corrected chi connectivity index (χ2v) is 4.45. The van der Waals surface area contributed by atoms with E-state index in [0.717, 1.165) is 6.07 Å². The van der Waals surface area contributed by atoms with Crippen LogP contribution in [0.15, 0.2) is 42.5 Å². The quantitative estimate of drug-likeness (QED) is 0.798. The van der Waals surface area contributed by atoms with Crippen molar-refractivity contribution in [1.29, 1.82) is 0 Å². The van der Waals surface area contributed by atoms with Gasteiger partial charge in [0.15, 0.2) is 0 Å². The molecule has 0 spiro atoms. The molecule has 22 heavy (non-hydrogen) atoms. The fourth-order valence-electron chi connectivity index (χ4n) is 2.13. The molecule has 0 radical (unpaired) electrons. The predicted molar refractivity (Wildman–Crippen MR) is 74.8 cm³/mol. The molecule has 0 atom stereocenters. The van der Waals surface area contributed by atoms with Crippen LogP contribution in [0.2, 0.25) is 0 Å². The van der Waals surface area contributed by atoms with Crippen LogP contribution in [-0.4, -0.2) is 20.2 Å². The molecular formula is C16H13F3O3. The Hall–Kier alpha value is -2.50. The molecule has 0 aliphatic carbocycles. The highest BCUT2D eigenvalue weighted by molar-refractivity contribution is 5.94. The smallest absolute Gasteiger partial charge is 0.417 e. The first-order chi connectivity index (χ1) is 10.4. The number of hydrogen-bond donors (Lipinski definition) is 0. The Bertz CT molecular complexity index is 693. The van der Waals surface area contributed by atoms with Crippen LogP contribution in [0.3, 0.4) is 0 Å². The molecule has 0 heterocycles. The average molecular weight is 310 g/mol. The van der Waals surface area contributed by atoms with E-state index in [1.165, 1.54) is 50.6 Å². The minimum absolute atomic E-state index is 0.0113. The predicted octanol–water partition coefficient (Wildman–Crippen LogP) is 4.17. The molecule has 0 amide bonds. The van der Waals surface area contributed by atoms with E-state index in [1.54, 1.807) is 0 Å². The standard InChI is InChI=1S/C16H13F3O3/c1-21-14-8-7-10(9-12(14)15(20)22-2)11-5-3-4-6-13(11)16(17,18)19/h3-9H,1-2H3. The van der Waals surface area contributed by atoms with Gasteiger partial charge in [0, 0.05) is 0 Å². The fraction of sp³-hybridized carbons (Fsp3) is 0.188. The van der Waals surface area contributed by atoms with Crippen LogP contribution in [-0.2, 0) is 10.9 Å². The van der Waals surface area contributed by atoms with Crippen molar-refractivity contribution in [2.24, 2.45) is 0 Å². The van der Waals surface area contributed by atoms with Gasteiger partial charge < -0.3 is 9.47 Å². The van der Waals surface area contributed by atoms with Crippen LogP contribution in [0.1, 0.15) is 15.9 Å². The summed E-state index contributed by atoms with van der Waals surface area (Å²) in [7, 11) is 2.56. The maximum atomic E-state index is 13.1. The number of alkyl halides is 3. The van der Waals surface area contributed by atoms with E-state index in [9.17, 15) is 18.0 Å². The van der Waals surface area contributed by atoms with E-state index >= 15 is 0 Å². The molecule has 2 rings (SSSR count).